The van der Waals surface area contributed by atoms with Gasteiger partial charge in [0.15, 0.2) is 34.9 Å². The third-order valence-corrected chi connectivity index (χ3v) is 9.30. The summed E-state index contributed by atoms with van der Waals surface area (Å²) in [5.74, 6) is -0.624. The maximum atomic E-state index is 13.4. The Morgan fingerprint density at radius 3 is 1.16 bits per heavy atom. The minimum Gasteiger partial charge on any atom is -0.348 e. The van der Waals surface area contributed by atoms with Crippen molar-refractivity contribution in [3.8, 4) is 0 Å². The Balaban J connectivity index is 1.06. The molecule has 0 N–H and O–H groups in total. The van der Waals surface area contributed by atoms with Gasteiger partial charge in [-0.05, 0) is 30.2 Å². The van der Waals surface area contributed by atoms with Crippen molar-refractivity contribution >= 4 is 34.7 Å². The number of nitrogens with zero attached hydrogens (tertiary/aromatic N) is 10. The molecule has 0 saturated heterocycles. The second-order valence-corrected chi connectivity index (χ2v) is 14.1. The molecule has 0 fully saturated rings. The molecule has 6 aromatic heterocycles. The van der Waals surface area contributed by atoms with Gasteiger partial charge in [0.05, 0.1) is 53.4 Å². The quantitative estimate of drug-likeness (QED) is 0.134. The van der Waals surface area contributed by atoms with Crippen LogP contribution < -0.4 is 0 Å². The molecule has 6 rings (SSSR count). The van der Waals surface area contributed by atoms with E-state index >= 15 is 0 Å². The van der Waals surface area contributed by atoms with Crippen LogP contribution in [0.2, 0.25) is 0 Å². The van der Waals surface area contributed by atoms with Crippen LogP contribution in [0.3, 0.4) is 0 Å². The maximum absolute atomic E-state index is 13.4. The molecule has 284 valence electrons. The van der Waals surface area contributed by atoms with Crippen molar-refractivity contribution in [2.24, 2.45) is 42.3 Å². The standard InChI is InChI=1S/C39H42N10O6/c1-22-16-46(5)36(40-22)33(53)13-26-20-48(7)38(42-26)35(55)15-28-21-49(8)39(43-28)34(54)14-27-19-47(6)37(41-27)32(52)12-25-10-30(45(4)18-25)31(51)11-24-9-29(23(2)50)44(3)17-24/h9-10,16-21H,11-15H2,1-8H3. The third-order valence-electron chi connectivity index (χ3n) is 9.30. The number of carbonyl (C=O) groups excluding carboxylic acids is 6. The zero-order valence-corrected chi connectivity index (χ0v) is 32.1. The Morgan fingerprint density at radius 2 is 0.782 bits per heavy atom. The molecular weight excluding hydrogens is 704 g/mol. The Labute approximate surface area is 316 Å². The molecule has 16 heteroatoms. The van der Waals surface area contributed by atoms with Crippen LogP contribution in [0.1, 0.15) is 104 Å². The average molecular weight is 747 g/mol. The predicted octanol–water partition coefficient (Wildman–Crippen LogP) is 2.94. The van der Waals surface area contributed by atoms with Gasteiger partial charge in [0.25, 0.3) is 0 Å². The van der Waals surface area contributed by atoms with Crippen LogP contribution in [0.4, 0.5) is 0 Å². The number of aryl methyl sites for hydroxylation is 7. The summed E-state index contributed by atoms with van der Waals surface area (Å²) in [6.07, 6.45) is 9.97. The molecule has 0 unspecified atom stereocenters. The Bertz CT molecular complexity index is 2530. The maximum Gasteiger partial charge on any atom is 0.204 e. The van der Waals surface area contributed by atoms with E-state index in [0.717, 1.165) is 11.3 Å². The van der Waals surface area contributed by atoms with E-state index in [2.05, 4.69) is 19.9 Å². The monoisotopic (exact) mass is 746 g/mol. The molecule has 0 aliphatic carbocycles. The van der Waals surface area contributed by atoms with Gasteiger partial charge in [-0.1, -0.05) is 0 Å². The first-order valence-electron chi connectivity index (χ1n) is 17.5. The van der Waals surface area contributed by atoms with Gasteiger partial charge >= 0.3 is 0 Å². The van der Waals surface area contributed by atoms with E-state index in [4.69, 9.17) is 0 Å². The number of hydrogen-bond donors (Lipinski definition) is 0. The Morgan fingerprint density at radius 1 is 0.436 bits per heavy atom. The first-order valence-corrected chi connectivity index (χ1v) is 17.5. The van der Waals surface area contributed by atoms with Crippen LogP contribution in [0.25, 0.3) is 0 Å². The van der Waals surface area contributed by atoms with E-state index in [-0.39, 0.29) is 84.3 Å². The van der Waals surface area contributed by atoms with Crippen molar-refractivity contribution in [2.75, 3.05) is 0 Å². The molecule has 0 radical (unpaired) electrons. The van der Waals surface area contributed by atoms with E-state index in [1.165, 1.54) is 6.92 Å². The van der Waals surface area contributed by atoms with Crippen molar-refractivity contribution in [3.05, 3.63) is 118 Å². The van der Waals surface area contributed by atoms with E-state index in [1.54, 1.807) is 126 Å². The number of rotatable bonds is 16. The lowest BCUT2D eigenvalue weighted by atomic mass is 10.1. The fourth-order valence-corrected chi connectivity index (χ4v) is 6.85. The Hall–Kier alpha value is -6.58. The molecule has 0 amide bonds. The SMILES string of the molecule is CC(=O)c1cc(CC(=O)c2cc(CC(=O)c3nc(CC(=O)c4nc(CC(=O)c5nc(CC(=O)c6nc(C)cn6C)cn5C)cn4C)cn3C)cn2C)cn1C. The summed E-state index contributed by atoms with van der Waals surface area (Å²) in [5, 5.41) is 0. The number of carbonyl (C=O) groups is 6. The molecule has 16 nitrogen and oxygen atoms in total. The predicted molar refractivity (Wildman–Crippen MR) is 199 cm³/mol. The minimum absolute atomic E-state index is 0.00640. The smallest absolute Gasteiger partial charge is 0.204 e. The number of aromatic nitrogens is 10. The largest absolute Gasteiger partial charge is 0.348 e. The molecule has 6 aromatic rings. The minimum atomic E-state index is -0.347. The Kier molecular flexibility index (Phi) is 10.4. The van der Waals surface area contributed by atoms with Crippen LogP contribution in [-0.4, -0.2) is 82.0 Å². The number of imidazole rings is 4. The summed E-state index contributed by atoms with van der Waals surface area (Å²) in [5.41, 5.74) is 4.25. The second kappa shape index (κ2) is 15.0. The fourth-order valence-electron chi connectivity index (χ4n) is 6.85. The highest BCUT2D eigenvalue weighted by molar-refractivity contribution is 5.99. The van der Waals surface area contributed by atoms with Gasteiger partial charge in [0, 0.05) is 99.2 Å². The summed E-state index contributed by atoms with van der Waals surface area (Å²) in [6.45, 7) is 3.28. The van der Waals surface area contributed by atoms with E-state index < -0.39 is 0 Å². The third kappa shape index (κ3) is 8.17. The second-order valence-electron chi connectivity index (χ2n) is 14.1. The normalized spacial score (nSPS) is 11.3. The van der Waals surface area contributed by atoms with Crippen molar-refractivity contribution in [2.45, 2.75) is 46.0 Å². The van der Waals surface area contributed by atoms with Crippen molar-refractivity contribution in [3.63, 3.8) is 0 Å². The molecule has 0 aromatic carbocycles. The average Bonchev–Trinajstić information content (AvgIpc) is 3.94. The molecule has 0 aliphatic rings. The topological polar surface area (TPSA) is 184 Å². The van der Waals surface area contributed by atoms with Crippen molar-refractivity contribution in [1.82, 2.24) is 47.3 Å². The summed E-state index contributed by atoms with van der Waals surface area (Å²) in [4.78, 5) is 95.3. The molecule has 55 heavy (non-hydrogen) atoms. The van der Waals surface area contributed by atoms with Crippen LogP contribution in [0.5, 0.6) is 0 Å². The van der Waals surface area contributed by atoms with E-state index in [1.807, 2.05) is 0 Å². The van der Waals surface area contributed by atoms with E-state index in [9.17, 15) is 28.8 Å². The highest BCUT2D eigenvalue weighted by atomic mass is 16.1. The zero-order chi connectivity index (χ0) is 39.9. The molecule has 0 bridgehead atoms. The van der Waals surface area contributed by atoms with Gasteiger partial charge in [-0.2, -0.15) is 0 Å². The summed E-state index contributed by atoms with van der Waals surface area (Å²) in [6, 6.07) is 3.39. The van der Waals surface area contributed by atoms with Gasteiger partial charge in [-0.3, -0.25) is 28.8 Å². The highest BCUT2D eigenvalue weighted by Crippen LogP contribution is 2.17. The van der Waals surface area contributed by atoms with Gasteiger partial charge in [0.1, 0.15) is 0 Å². The van der Waals surface area contributed by atoms with Gasteiger partial charge in [0.2, 0.25) is 23.1 Å². The number of ketones is 6. The number of Topliss-reactive ketones (excluding diaryl/α,β-unsaturated/α-hetero) is 6. The molecular formula is C39H42N10O6. The summed E-state index contributed by atoms with van der Waals surface area (Å²) < 4.78 is 9.72. The van der Waals surface area contributed by atoms with E-state index in [0.29, 0.717) is 39.9 Å². The van der Waals surface area contributed by atoms with Crippen molar-refractivity contribution in [1.29, 1.82) is 0 Å². The van der Waals surface area contributed by atoms with Crippen LogP contribution >= 0.6 is 0 Å². The lowest BCUT2D eigenvalue weighted by Crippen LogP contribution is -2.12. The van der Waals surface area contributed by atoms with Crippen molar-refractivity contribution < 1.29 is 28.8 Å². The number of hydrogen-bond acceptors (Lipinski definition) is 10. The summed E-state index contributed by atoms with van der Waals surface area (Å²) >= 11 is 0. The molecule has 6 heterocycles. The van der Waals surface area contributed by atoms with Crippen LogP contribution in [-0.2, 0) is 74.4 Å². The van der Waals surface area contributed by atoms with Gasteiger partial charge in [-0.15, -0.1) is 0 Å². The molecule has 0 atom stereocenters. The highest BCUT2D eigenvalue weighted by Gasteiger charge is 2.24. The molecule has 0 saturated carbocycles. The fraction of sp³-hybridized carbons (Fsp3) is 0.333. The van der Waals surface area contributed by atoms with Crippen LogP contribution in [0, 0.1) is 6.92 Å². The van der Waals surface area contributed by atoms with Gasteiger partial charge in [-0.25, -0.2) is 19.9 Å². The van der Waals surface area contributed by atoms with Gasteiger partial charge < -0.3 is 27.4 Å². The molecule has 0 aliphatic heterocycles. The first-order chi connectivity index (χ1) is 26.0. The zero-order valence-electron chi connectivity index (χ0n) is 32.1. The first kappa shape index (κ1) is 38.2. The molecule has 0 spiro atoms. The lowest BCUT2D eigenvalue weighted by molar-refractivity contribution is 0.0965. The lowest BCUT2D eigenvalue weighted by Gasteiger charge is -2.00. The summed E-state index contributed by atoms with van der Waals surface area (Å²) in [7, 11) is 10.3. The van der Waals surface area contributed by atoms with Crippen LogP contribution in [0.15, 0.2) is 49.3 Å².